The summed E-state index contributed by atoms with van der Waals surface area (Å²) in [6.45, 7) is -0.970. The number of hydrogen-bond acceptors (Lipinski definition) is 7. The van der Waals surface area contributed by atoms with E-state index in [1.807, 2.05) is 0 Å². The molecule has 156 valence electrons. The number of esters is 2. The first-order valence-electron chi connectivity index (χ1n) is 8.99. The molecule has 0 bridgehead atoms. The van der Waals surface area contributed by atoms with E-state index in [2.05, 4.69) is 0 Å². The average Bonchev–Trinajstić information content (AvgIpc) is 2.79. The predicted octanol–water partition coefficient (Wildman–Crippen LogP) is 3.09. The van der Waals surface area contributed by atoms with Crippen molar-refractivity contribution in [3.05, 3.63) is 71.8 Å². The van der Waals surface area contributed by atoms with Gasteiger partial charge < -0.3 is 18.9 Å². The number of methoxy groups -OCH3 is 2. The van der Waals surface area contributed by atoms with Crippen LogP contribution < -0.4 is 9.47 Å². The van der Waals surface area contributed by atoms with Crippen LogP contribution in [-0.4, -0.2) is 45.2 Å². The quantitative estimate of drug-likeness (QED) is 0.439. The van der Waals surface area contributed by atoms with Crippen LogP contribution in [-0.2, 0) is 23.9 Å². The fourth-order valence-corrected chi connectivity index (χ4v) is 2.20. The van der Waals surface area contributed by atoms with Gasteiger partial charge in [0.15, 0.2) is 13.2 Å². The van der Waals surface area contributed by atoms with Crippen molar-refractivity contribution in [2.24, 2.45) is 0 Å². The number of Topliss-reactive ketones (excluding diaryl/α,β-unsaturated/α-hetero) is 1. The van der Waals surface area contributed by atoms with Crippen LogP contribution >= 0.6 is 0 Å². The third-order valence-corrected chi connectivity index (χ3v) is 3.81. The summed E-state index contributed by atoms with van der Waals surface area (Å²) in [4.78, 5) is 35.1. The first kappa shape index (κ1) is 22.4. The molecule has 7 heteroatoms. The Bertz CT molecular complexity index is 834. The summed E-state index contributed by atoms with van der Waals surface area (Å²) in [6.07, 6.45) is 5.52. The monoisotopic (exact) mass is 410 g/mol. The first-order valence-corrected chi connectivity index (χ1v) is 8.99. The third-order valence-electron chi connectivity index (χ3n) is 3.81. The van der Waals surface area contributed by atoms with Crippen LogP contribution in [0.2, 0.25) is 0 Å². The maximum atomic E-state index is 11.7. The van der Waals surface area contributed by atoms with E-state index in [0.717, 1.165) is 11.1 Å². The molecule has 0 saturated carbocycles. The van der Waals surface area contributed by atoms with E-state index in [-0.39, 0.29) is 0 Å². The maximum absolute atomic E-state index is 11.7. The van der Waals surface area contributed by atoms with E-state index in [1.165, 1.54) is 12.2 Å². The maximum Gasteiger partial charge on any atom is 0.331 e. The van der Waals surface area contributed by atoms with Gasteiger partial charge >= 0.3 is 11.9 Å². The van der Waals surface area contributed by atoms with Crippen molar-refractivity contribution in [1.82, 2.24) is 0 Å². The van der Waals surface area contributed by atoms with Crippen LogP contribution in [0.15, 0.2) is 60.7 Å². The summed E-state index contributed by atoms with van der Waals surface area (Å²) in [7, 11) is 3.13. The molecule has 30 heavy (non-hydrogen) atoms. The lowest BCUT2D eigenvalue weighted by Crippen LogP contribution is -2.19. The summed E-state index contributed by atoms with van der Waals surface area (Å²) in [5.74, 6) is -0.482. The zero-order chi connectivity index (χ0) is 21.8. The Balaban J connectivity index is 1.69. The number of rotatable bonds is 10. The molecule has 0 fully saturated rings. The van der Waals surface area contributed by atoms with Crippen LogP contribution in [0.3, 0.4) is 0 Å². The Morgan fingerprint density at radius 2 is 1.03 bits per heavy atom. The Labute approximate surface area is 174 Å². The summed E-state index contributed by atoms with van der Waals surface area (Å²) in [6, 6.07) is 14.1. The van der Waals surface area contributed by atoms with Gasteiger partial charge in [-0.15, -0.1) is 0 Å². The van der Waals surface area contributed by atoms with Crippen LogP contribution in [0.5, 0.6) is 11.5 Å². The fourth-order valence-electron chi connectivity index (χ4n) is 2.20. The van der Waals surface area contributed by atoms with E-state index in [4.69, 9.17) is 18.9 Å². The Kier molecular flexibility index (Phi) is 8.86. The smallest absolute Gasteiger partial charge is 0.331 e. The highest BCUT2D eigenvalue weighted by Gasteiger charge is 2.08. The molecule has 0 saturated heterocycles. The lowest BCUT2D eigenvalue weighted by atomic mass is 10.2. The van der Waals surface area contributed by atoms with Crippen LogP contribution in [0.4, 0.5) is 0 Å². The lowest BCUT2D eigenvalue weighted by molar-refractivity contribution is -0.148. The van der Waals surface area contributed by atoms with Gasteiger partial charge in [-0.3, -0.25) is 4.79 Å². The fraction of sp³-hybridized carbons (Fsp3) is 0.174. The van der Waals surface area contributed by atoms with Gasteiger partial charge in [0.25, 0.3) is 0 Å². The number of benzene rings is 2. The second-order valence-electron chi connectivity index (χ2n) is 5.97. The molecule has 0 aliphatic rings. The van der Waals surface area contributed by atoms with Crippen LogP contribution in [0, 0.1) is 0 Å². The van der Waals surface area contributed by atoms with Crippen LogP contribution in [0.1, 0.15) is 11.1 Å². The van der Waals surface area contributed by atoms with Crippen molar-refractivity contribution in [3.63, 3.8) is 0 Å². The van der Waals surface area contributed by atoms with Crippen molar-refractivity contribution >= 4 is 29.9 Å². The zero-order valence-corrected chi connectivity index (χ0v) is 16.7. The summed E-state index contributed by atoms with van der Waals surface area (Å²) in [5.41, 5.74) is 1.55. The average molecular weight is 410 g/mol. The Morgan fingerprint density at radius 1 is 0.667 bits per heavy atom. The van der Waals surface area contributed by atoms with E-state index in [1.54, 1.807) is 74.9 Å². The second-order valence-corrected chi connectivity index (χ2v) is 5.97. The molecule has 2 aromatic rings. The van der Waals surface area contributed by atoms with Gasteiger partial charge in [0.2, 0.25) is 5.78 Å². The number of carbonyl (C=O) groups is 3. The predicted molar refractivity (Wildman–Crippen MR) is 111 cm³/mol. The molecule has 0 atom stereocenters. The molecular weight excluding hydrogens is 388 g/mol. The van der Waals surface area contributed by atoms with E-state index in [0.29, 0.717) is 11.5 Å². The topological polar surface area (TPSA) is 88.1 Å². The highest BCUT2D eigenvalue weighted by atomic mass is 16.6. The minimum Gasteiger partial charge on any atom is -0.497 e. The second kappa shape index (κ2) is 11.9. The summed E-state index contributed by atoms with van der Waals surface area (Å²) >= 11 is 0. The third kappa shape index (κ3) is 8.02. The zero-order valence-electron chi connectivity index (χ0n) is 16.7. The molecule has 0 spiro atoms. The van der Waals surface area contributed by atoms with Gasteiger partial charge in [-0.05, 0) is 47.5 Å². The molecule has 2 rings (SSSR count). The number of ether oxygens (including phenoxy) is 4. The molecule has 0 unspecified atom stereocenters. The molecule has 0 heterocycles. The molecule has 0 amide bonds. The van der Waals surface area contributed by atoms with Gasteiger partial charge in [0, 0.05) is 12.2 Å². The molecule has 2 aromatic carbocycles. The summed E-state index contributed by atoms with van der Waals surface area (Å²) in [5, 5.41) is 0. The van der Waals surface area contributed by atoms with E-state index in [9.17, 15) is 14.4 Å². The highest BCUT2D eigenvalue weighted by Crippen LogP contribution is 2.13. The molecule has 0 aliphatic heterocycles. The Hall–Kier alpha value is -3.87. The van der Waals surface area contributed by atoms with E-state index < -0.39 is 30.9 Å². The molecule has 0 radical (unpaired) electrons. The Morgan fingerprint density at radius 3 is 1.37 bits per heavy atom. The minimum absolute atomic E-state index is 0.485. The highest BCUT2D eigenvalue weighted by molar-refractivity contribution is 5.92. The van der Waals surface area contributed by atoms with Gasteiger partial charge in [-0.1, -0.05) is 24.3 Å². The van der Waals surface area contributed by atoms with E-state index >= 15 is 0 Å². The van der Waals surface area contributed by atoms with Crippen LogP contribution in [0.25, 0.3) is 12.2 Å². The molecule has 0 aliphatic carbocycles. The molecule has 0 aromatic heterocycles. The van der Waals surface area contributed by atoms with Gasteiger partial charge in [-0.25, -0.2) is 9.59 Å². The molecule has 0 N–H and O–H groups in total. The van der Waals surface area contributed by atoms with Crippen molar-refractivity contribution < 1.29 is 33.3 Å². The van der Waals surface area contributed by atoms with Crippen molar-refractivity contribution in [2.45, 2.75) is 0 Å². The minimum atomic E-state index is -0.676. The van der Waals surface area contributed by atoms with Crippen molar-refractivity contribution in [1.29, 1.82) is 0 Å². The normalized spacial score (nSPS) is 10.7. The lowest BCUT2D eigenvalue weighted by Gasteiger charge is -2.03. The van der Waals surface area contributed by atoms with Gasteiger partial charge in [0.1, 0.15) is 11.5 Å². The van der Waals surface area contributed by atoms with Gasteiger partial charge in [-0.2, -0.15) is 0 Å². The standard InChI is InChI=1S/C23H22O7/c1-27-20-9-3-17(4-10-20)7-13-22(25)29-15-19(24)16-30-23(26)14-8-18-5-11-21(28-2)12-6-18/h3-14H,15-16H2,1-2H3. The van der Waals surface area contributed by atoms with Crippen molar-refractivity contribution in [3.8, 4) is 11.5 Å². The first-order chi connectivity index (χ1) is 14.5. The number of carbonyl (C=O) groups excluding carboxylic acids is 3. The number of ketones is 1. The number of hydrogen-bond donors (Lipinski definition) is 0. The SMILES string of the molecule is COc1ccc(C=CC(=O)OCC(=O)COC(=O)C=Cc2ccc(OC)cc2)cc1. The largest absolute Gasteiger partial charge is 0.497 e. The molecule has 7 nitrogen and oxygen atoms in total. The van der Waals surface area contributed by atoms with Gasteiger partial charge in [0.05, 0.1) is 14.2 Å². The van der Waals surface area contributed by atoms with Crippen molar-refractivity contribution in [2.75, 3.05) is 27.4 Å². The summed E-state index contributed by atoms with van der Waals surface area (Å²) < 4.78 is 19.8. The molecular formula is C23H22O7.